The van der Waals surface area contributed by atoms with Crippen LogP contribution < -0.4 is 0 Å². The van der Waals surface area contributed by atoms with Gasteiger partial charge in [0.1, 0.15) is 0 Å². The van der Waals surface area contributed by atoms with E-state index >= 15 is 0 Å². The first-order chi connectivity index (χ1) is 6.04. The smallest absolute Gasteiger partial charge is 0.337 e. The van der Waals surface area contributed by atoms with E-state index in [1.54, 1.807) is 12.1 Å². The molecule has 0 amide bonds. The Hall–Kier alpha value is -0.580. The van der Waals surface area contributed by atoms with E-state index in [-0.39, 0.29) is 5.56 Å². The van der Waals surface area contributed by atoms with Gasteiger partial charge in [0.15, 0.2) is 6.10 Å². The summed E-state index contributed by atoms with van der Waals surface area (Å²) in [5.74, 6) is -1.30. The van der Waals surface area contributed by atoms with Crippen molar-refractivity contribution in [3.8, 4) is 0 Å². The van der Waals surface area contributed by atoms with Gasteiger partial charge in [-0.3, -0.25) is 0 Å². The summed E-state index contributed by atoms with van der Waals surface area (Å²) in [5.41, 5.74) is 0.250. The number of aliphatic carboxylic acids is 1. The van der Waals surface area contributed by atoms with Gasteiger partial charge in [0.05, 0.1) is 5.02 Å². The molecule has 0 saturated heterocycles. The number of carboxylic acids is 1. The maximum Gasteiger partial charge on any atom is 0.337 e. The lowest BCUT2D eigenvalue weighted by Crippen LogP contribution is -2.10. The summed E-state index contributed by atoms with van der Waals surface area (Å²) < 4.78 is 0.409. The van der Waals surface area contributed by atoms with Gasteiger partial charge in [0.25, 0.3) is 0 Å². The summed E-state index contributed by atoms with van der Waals surface area (Å²) in [6.07, 6.45) is -1.55. The van der Waals surface area contributed by atoms with E-state index in [9.17, 15) is 9.90 Å². The number of rotatable bonds is 2. The molecule has 0 aliphatic heterocycles. The lowest BCUT2D eigenvalue weighted by molar-refractivity contribution is -0.147. The highest BCUT2D eigenvalue weighted by Crippen LogP contribution is 2.30. The van der Waals surface area contributed by atoms with Crippen LogP contribution in [-0.2, 0) is 4.79 Å². The van der Waals surface area contributed by atoms with Gasteiger partial charge in [-0.2, -0.15) is 0 Å². The van der Waals surface area contributed by atoms with Crippen LogP contribution >= 0.6 is 27.5 Å². The Balaban J connectivity index is 3.15. The van der Waals surface area contributed by atoms with E-state index in [2.05, 4.69) is 15.9 Å². The fourth-order valence-corrected chi connectivity index (χ4v) is 1.53. The number of aliphatic hydroxyl groups is 1. The van der Waals surface area contributed by atoms with E-state index in [4.69, 9.17) is 16.7 Å². The van der Waals surface area contributed by atoms with E-state index in [1.165, 1.54) is 6.07 Å². The zero-order chi connectivity index (χ0) is 10.0. The molecule has 13 heavy (non-hydrogen) atoms. The first kappa shape index (κ1) is 10.5. The minimum absolute atomic E-state index is 0.250. The van der Waals surface area contributed by atoms with Gasteiger partial charge in [-0.05, 0) is 22.0 Å². The Kier molecular flexibility index (Phi) is 3.30. The number of carbonyl (C=O) groups is 1. The molecule has 0 bridgehead atoms. The fraction of sp³-hybridized carbons (Fsp3) is 0.125. The van der Waals surface area contributed by atoms with Crippen LogP contribution in [0.1, 0.15) is 11.7 Å². The molecule has 0 radical (unpaired) electrons. The van der Waals surface area contributed by atoms with Gasteiger partial charge >= 0.3 is 5.97 Å². The molecule has 0 saturated carbocycles. The van der Waals surface area contributed by atoms with Crippen LogP contribution in [0.3, 0.4) is 0 Å². The number of carboxylic acid groups (broad SMARTS) is 1. The molecule has 2 N–H and O–H groups in total. The largest absolute Gasteiger partial charge is 0.479 e. The molecule has 1 rings (SSSR count). The van der Waals surface area contributed by atoms with E-state index in [0.717, 1.165) is 0 Å². The van der Waals surface area contributed by atoms with Gasteiger partial charge < -0.3 is 10.2 Å². The normalized spacial score (nSPS) is 12.5. The molecule has 0 aromatic heterocycles. The molecular weight excluding hydrogens is 259 g/mol. The summed E-state index contributed by atoms with van der Waals surface area (Å²) >= 11 is 8.81. The zero-order valence-corrected chi connectivity index (χ0v) is 8.71. The molecule has 0 heterocycles. The summed E-state index contributed by atoms with van der Waals surface area (Å²) in [6.45, 7) is 0. The predicted molar refractivity (Wildman–Crippen MR) is 51.7 cm³/mol. The van der Waals surface area contributed by atoms with E-state index < -0.39 is 12.1 Å². The van der Waals surface area contributed by atoms with Crippen molar-refractivity contribution in [2.24, 2.45) is 0 Å². The Morgan fingerprint density at radius 2 is 2.15 bits per heavy atom. The highest BCUT2D eigenvalue weighted by Gasteiger charge is 2.19. The number of halogens is 2. The first-order valence-corrected chi connectivity index (χ1v) is 4.56. The van der Waals surface area contributed by atoms with E-state index in [0.29, 0.717) is 9.50 Å². The van der Waals surface area contributed by atoms with Crippen molar-refractivity contribution in [3.63, 3.8) is 0 Å². The van der Waals surface area contributed by atoms with Crippen molar-refractivity contribution in [2.75, 3.05) is 0 Å². The summed E-state index contributed by atoms with van der Waals surface area (Å²) in [7, 11) is 0. The molecule has 0 spiro atoms. The van der Waals surface area contributed by atoms with Crippen molar-refractivity contribution in [1.29, 1.82) is 0 Å². The van der Waals surface area contributed by atoms with Crippen LogP contribution in [0.2, 0.25) is 5.02 Å². The Morgan fingerprint density at radius 3 is 2.69 bits per heavy atom. The lowest BCUT2D eigenvalue weighted by Gasteiger charge is -2.08. The van der Waals surface area contributed by atoms with Gasteiger partial charge in [0, 0.05) is 10.0 Å². The maximum atomic E-state index is 10.4. The molecule has 5 heteroatoms. The standard InChI is InChI=1S/C8H6BrClO3/c9-6-4(7(11)8(12)13)2-1-3-5(6)10/h1-3,7,11H,(H,12,13)/t7-/m0/s1. The fourth-order valence-electron chi connectivity index (χ4n) is 0.865. The number of hydrogen-bond acceptors (Lipinski definition) is 2. The molecule has 0 fully saturated rings. The second-order valence-electron chi connectivity index (χ2n) is 2.38. The van der Waals surface area contributed by atoms with Crippen molar-refractivity contribution in [1.82, 2.24) is 0 Å². The van der Waals surface area contributed by atoms with Crippen molar-refractivity contribution < 1.29 is 15.0 Å². The minimum Gasteiger partial charge on any atom is -0.479 e. The Labute approximate surface area is 88.1 Å². The molecule has 3 nitrogen and oxygen atoms in total. The lowest BCUT2D eigenvalue weighted by atomic mass is 10.1. The number of aliphatic hydroxyl groups excluding tert-OH is 1. The Bertz CT molecular complexity index is 340. The first-order valence-electron chi connectivity index (χ1n) is 3.39. The average molecular weight is 265 g/mol. The maximum absolute atomic E-state index is 10.4. The molecular formula is C8H6BrClO3. The van der Waals surface area contributed by atoms with Crippen LogP contribution in [0.15, 0.2) is 22.7 Å². The van der Waals surface area contributed by atoms with E-state index in [1.807, 2.05) is 0 Å². The topological polar surface area (TPSA) is 57.5 Å². The third-order valence-electron chi connectivity index (χ3n) is 1.51. The van der Waals surface area contributed by atoms with Crippen LogP contribution in [0.4, 0.5) is 0 Å². The van der Waals surface area contributed by atoms with Gasteiger partial charge in [0.2, 0.25) is 0 Å². The average Bonchev–Trinajstić information content (AvgIpc) is 2.08. The molecule has 70 valence electrons. The summed E-state index contributed by atoms with van der Waals surface area (Å²) in [5, 5.41) is 18.1. The highest BCUT2D eigenvalue weighted by atomic mass is 79.9. The zero-order valence-electron chi connectivity index (χ0n) is 6.37. The van der Waals surface area contributed by atoms with Crippen molar-refractivity contribution >= 4 is 33.5 Å². The second kappa shape index (κ2) is 4.09. The molecule has 0 unspecified atom stereocenters. The highest BCUT2D eigenvalue weighted by molar-refractivity contribution is 9.10. The van der Waals surface area contributed by atoms with Crippen LogP contribution in [0, 0.1) is 0 Å². The van der Waals surface area contributed by atoms with Crippen molar-refractivity contribution in [3.05, 3.63) is 33.3 Å². The molecule has 1 atom stereocenters. The van der Waals surface area contributed by atoms with Crippen LogP contribution in [-0.4, -0.2) is 16.2 Å². The molecule has 0 aliphatic carbocycles. The summed E-state index contributed by atoms with van der Waals surface area (Å²) in [4.78, 5) is 10.4. The summed E-state index contributed by atoms with van der Waals surface area (Å²) in [6, 6.07) is 4.67. The second-order valence-corrected chi connectivity index (χ2v) is 3.58. The van der Waals surface area contributed by atoms with Gasteiger partial charge in [-0.15, -0.1) is 0 Å². The molecule has 1 aromatic rings. The third kappa shape index (κ3) is 2.21. The minimum atomic E-state index is -1.55. The molecule has 0 aliphatic rings. The van der Waals surface area contributed by atoms with Crippen LogP contribution in [0.25, 0.3) is 0 Å². The van der Waals surface area contributed by atoms with Crippen LogP contribution in [0.5, 0.6) is 0 Å². The number of hydrogen-bond donors (Lipinski definition) is 2. The monoisotopic (exact) mass is 264 g/mol. The SMILES string of the molecule is O=C(O)[C@@H](O)c1cccc(Cl)c1Br. The Morgan fingerprint density at radius 1 is 1.54 bits per heavy atom. The number of benzene rings is 1. The third-order valence-corrected chi connectivity index (χ3v) is 2.94. The van der Waals surface area contributed by atoms with Gasteiger partial charge in [-0.1, -0.05) is 23.7 Å². The predicted octanol–water partition coefficient (Wildman–Crippen LogP) is 2.22. The molecule has 1 aromatic carbocycles. The van der Waals surface area contributed by atoms with Crippen molar-refractivity contribution in [2.45, 2.75) is 6.10 Å². The van der Waals surface area contributed by atoms with Gasteiger partial charge in [-0.25, -0.2) is 4.79 Å². The quantitative estimate of drug-likeness (QED) is 0.862.